The highest BCUT2D eigenvalue weighted by Crippen LogP contribution is 2.18. The number of aryl methyl sites for hydroxylation is 1. The number of amides is 2. The van der Waals surface area contributed by atoms with Gasteiger partial charge in [-0.3, -0.25) is 15.4 Å². The molecule has 0 saturated heterocycles. The van der Waals surface area contributed by atoms with Crippen LogP contribution in [0.4, 0.5) is 5.69 Å². The average Bonchev–Trinajstić information content (AvgIpc) is 3.19. The van der Waals surface area contributed by atoms with Crippen molar-refractivity contribution in [3.05, 3.63) is 29.3 Å². The number of rotatable bonds is 5. The van der Waals surface area contributed by atoms with Gasteiger partial charge in [-0.25, -0.2) is 0 Å². The number of anilines is 1. The van der Waals surface area contributed by atoms with Gasteiger partial charge in [-0.1, -0.05) is 6.07 Å². The maximum absolute atomic E-state index is 12.0. The van der Waals surface area contributed by atoms with E-state index in [4.69, 9.17) is 5.84 Å². The summed E-state index contributed by atoms with van der Waals surface area (Å²) in [6, 6.07) is 5.57. The van der Waals surface area contributed by atoms with Crippen LogP contribution in [0.3, 0.4) is 0 Å². The number of hydrogen-bond acceptors (Lipinski definition) is 4. The van der Waals surface area contributed by atoms with Crippen molar-refractivity contribution in [3.63, 3.8) is 0 Å². The van der Waals surface area contributed by atoms with Gasteiger partial charge in [-0.05, 0) is 37.5 Å². The smallest absolute Gasteiger partial charge is 0.253 e. The maximum Gasteiger partial charge on any atom is 0.253 e. The van der Waals surface area contributed by atoms with E-state index in [-0.39, 0.29) is 18.4 Å². The fourth-order valence-electron chi connectivity index (χ4n) is 1.74. The Hall–Kier alpha value is -2.08. The Balaban J connectivity index is 1.93. The van der Waals surface area contributed by atoms with Crippen molar-refractivity contribution in [3.8, 4) is 0 Å². The summed E-state index contributed by atoms with van der Waals surface area (Å²) >= 11 is 0. The van der Waals surface area contributed by atoms with Crippen molar-refractivity contribution in [2.75, 3.05) is 12.0 Å². The molecule has 1 saturated carbocycles. The molecular formula is C13H18N4O2. The van der Waals surface area contributed by atoms with Gasteiger partial charge >= 0.3 is 0 Å². The van der Waals surface area contributed by atoms with E-state index in [0.717, 1.165) is 18.4 Å². The SMILES string of the molecule is Cc1ccc(C(=O)NCC(=O)NC2CC2)c(NN)c1. The molecule has 1 aliphatic rings. The van der Waals surface area contributed by atoms with Crippen molar-refractivity contribution in [2.45, 2.75) is 25.8 Å². The van der Waals surface area contributed by atoms with Gasteiger partial charge in [0.1, 0.15) is 0 Å². The Kier molecular flexibility index (Phi) is 4.01. The lowest BCUT2D eigenvalue weighted by Gasteiger charge is -2.10. The van der Waals surface area contributed by atoms with Crippen LogP contribution in [-0.4, -0.2) is 24.4 Å². The third-order valence-electron chi connectivity index (χ3n) is 2.93. The normalized spacial score (nSPS) is 13.8. The first-order valence-electron chi connectivity index (χ1n) is 6.25. The summed E-state index contributed by atoms with van der Waals surface area (Å²) in [5.41, 5.74) is 4.45. The van der Waals surface area contributed by atoms with Gasteiger partial charge in [0.15, 0.2) is 0 Å². The lowest BCUT2D eigenvalue weighted by atomic mass is 10.1. The predicted octanol–water partition coefficient (Wildman–Crippen LogP) is 0.289. The lowest BCUT2D eigenvalue weighted by molar-refractivity contribution is -0.120. The van der Waals surface area contributed by atoms with Crippen LogP contribution in [0.2, 0.25) is 0 Å². The van der Waals surface area contributed by atoms with Crippen LogP contribution in [0.1, 0.15) is 28.8 Å². The second-order valence-electron chi connectivity index (χ2n) is 4.72. The Morgan fingerprint density at radius 2 is 2.11 bits per heavy atom. The summed E-state index contributed by atoms with van der Waals surface area (Å²) in [5.74, 6) is 4.90. The first-order valence-corrected chi connectivity index (χ1v) is 6.25. The topological polar surface area (TPSA) is 96.2 Å². The quantitative estimate of drug-likeness (QED) is 0.453. The van der Waals surface area contributed by atoms with E-state index in [1.807, 2.05) is 13.0 Å². The van der Waals surface area contributed by atoms with Gasteiger partial charge in [-0.15, -0.1) is 0 Å². The molecule has 6 heteroatoms. The molecule has 1 aromatic rings. The van der Waals surface area contributed by atoms with Crippen LogP contribution in [0.15, 0.2) is 18.2 Å². The molecule has 0 heterocycles. The number of hydrogen-bond donors (Lipinski definition) is 4. The lowest BCUT2D eigenvalue weighted by Crippen LogP contribution is -2.38. The molecule has 0 radical (unpaired) electrons. The predicted molar refractivity (Wildman–Crippen MR) is 72.5 cm³/mol. The number of benzene rings is 1. The molecule has 0 bridgehead atoms. The molecule has 0 unspecified atom stereocenters. The van der Waals surface area contributed by atoms with E-state index in [0.29, 0.717) is 17.3 Å². The van der Waals surface area contributed by atoms with Crippen LogP contribution in [-0.2, 0) is 4.79 Å². The minimum Gasteiger partial charge on any atom is -0.352 e. The molecule has 19 heavy (non-hydrogen) atoms. The van der Waals surface area contributed by atoms with Crippen LogP contribution in [0.5, 0.6) is 0 Å². The summed E-state index contributed by atoms with van der Waals surface area (Å²) in [4.78, 5) is 23.4. The van der Waals surface area contributed by atoms with Gasteiger partial charge in [0, 0.05) is 6.04 Å². The van der Waals surface area contributed by atoms with Crippen molar-refractivity contribution in [1.82, 2.24) is 10.6 Å². The van der Waals surface area contributed by atoms with E-state index in [1.54, 1.807) is 12.1 Å². The summed E-state index contributed by atoms with van der Waals surface area (Å²) in [7, 11) is 0. The number of carbonyl (C=O) groups is 2. The average molecular weight is 262 g/mol. The third kappa shape index (κ3) is 3.69. The monoisotopic (exact) mass is 262 g/mol. The zero-order chi connectivity index (χ0) is 13.8. The summed E-state index contributed by atoms with van der Waals surface area (Å²) in [6.45, 7) is 1.89. The molecule has 0 aliphatic heterocycles. The molecule has 1 aliphatic carbocycles. The van der Waals surface area contributed by atoms with Crippen LogP contribution in [0.25, 0.3) is 0 Å². The largest absolute Gasteiger partial charge is 0.352 e. The second kappa shape index (κ2) is 5.71. The highest BCUT2D eigenvalue weighted by Gasteiger charge is 2.23. The summed E-state index contributed by atoms with van der Waals surface area (Å²) in [5, 5.41) is 5.38. The van der Waals surface area contributed by atoms with Crippen LogP contribution < -0.4 is 21.9 Å². The molecule has 0 spiro atoms. The number of nitrogens with two attached hydrogens (primary N) is 1. The Bertz CT molecular complexity index is 497. The van der Waals surface area contributed by atoms with E-state index < -0.39 is 0 Å². The fraction of sp³-hybridized carbons (Fsp3) is 0.385. The van der Waals surface area contributed by atoms with Crippen molar-refractivity contribution < 1.29 is 9.59 Å². The minimum absolute atomic E-state index is 0.0206. The van der Waals surface area contributed by atoms with Crippen LogP contribution >= 0.6 is 0 Å². The molecule has 0 aromatic heterocycles. The zero-order valence-electron chi connectivity index (χ0n) is 10.8. The van der Waals surface area contributed by atoms with Gasteiger partial charge < -0.3 is 16.1 Å². The van der Waals surface area contributed by atoms with E-state index >= 15 is 0 Å². The Morgan fingerprint density at radius 3 is 2.74 bits per heavy atom. The molecule has 1 fully saturated rings. The fourth-order valence-corrected chi connectivity index (χ4v) is 1.74. The Labute approximate surface area is 111 Å². The molecule has 6 nitrogen and oxygen atoms in total. The molecule has 1 aromatic carbocycles. The highest BCUT2D eigenvalue weighted by atomic mass is 16.2. The molecule has 2 rings (SSSR count). The molecule has 5 N–H and O–H groups in total. The molecule has 102 valence electrons. The van der Waals surface area contributed by atoms with Crippen molar-refractivity contribution in [2.24, 2.45) is 5.84 Å². The first-order chi connectivity index (χ1) is 9.10. The molecule has 2 amide bonds. The van der Waals surface area contributed by atoms with Gasteiger partial charge in [0.05, 0.1) is 17.8 Å². The second-order valence-corrected chi connectivity index (χ2v) is 4.72. The van der Waals surface area contributed by atoms with Crippen molar-refractivity contribution >= 4 is 17.5 Å². The van der Waals surface area contributed by atoms with E-state index in [1.165, 1.54) is 0 Å². The third-order valence-corrected chi connectivity index (χ3v) is 2.93. The summed E-state index contributed by atoms with van der Waals surface area (Å²) < 4.78 is 0. The van der Waals surface area contributed by atoms with E-state index in [9.17, 15) is 9.59 Å². The number of nitrogens with one attached hydrogen (secondary N) is 3. The first kappa shape index (κ1) is 13.4. The number of nitrogen functional groups attached to an aromatic ring is 1. The van der Waals surface area contributed by atoms with Gasteiger partial charge in [-0.2, -0.15) is 0 Å². The highest BCUT2D eigenvalue weighted by molar-refractivity contribution is 6.01. The summed E-state index contributed by atoms with van der Waals surface area (Å²) in [6.07, 6.45) is 2.05. The van der Waals surface area contributed by atoms with E-state index in [2.05, 4.69) is 16.1 Å². The molecule has 0 atom stereocenters. The van der Waals surface area contributed by atoms with Crippen molar-refractivity contribution in [1.29, 1.82) is 0 Å². The Morgan fingerprint density at radius 1 is 1.37 bits per heavy atom. The van der Waals surface area contributed by atoms with Gasteiger partial charge in [0.2, 0.25) is 5.91 Å². The zero-order valence-corrected chi connectivity index (χ0v) is 10.8. The standard InChI is InChI=1S/C13H18N4O2/c1-8-2-5-10(11(6-8)17-14)13(19)15-7-12(18)16-9-3-4-9/h2,5-6,9,17H,3-4,7,14H2,1H3,(H,15,19)(H,16,18). The van der Waals surface area contributed by atoms with Crippen LogP contribution in [0, 0.1) is 6.92 Å². The molecular weight excluding hydrogens is 244 g/mol. The number of hydrazine groups is 1. The van der Waals surface area contributed by atoms with Gasteiger partial charge in [0.25, 0.3) is 5.91 Å². The number of carbonyl (C=O) groups excluding carboxylic acids is 2. The maximum atomic E-state index is 12.0. The minimum atomic E-state index is -0.320.